The zero-order chi connectivity index (χ0) is 16.8. The molecule has 0 aliphatic carbocycles. The molecule has 5 heteroatoms. The second kappa shape index (κ2) is 5.85. The molecule has 0 amide bonds. The first kappa shape index (κ1) is 14.9. The minimum Gasteiger partial charge on any atom is -0.333 e. The van der Waals surface area contributed by atoms with E-state index in [1.54, 1.807) is 0 Å². The lowest BCUT2D eigenvalue weighted by molar-refractivity contribution is 0.261. The molecule has 0 spiro atoms. The molecular formula is C20H22N4O. The van der Waals surface area contributed by atoms with E-state index in [1.807, 2.05) is 23.2 Å². The van der Waals surface area contributed by atoms with E-state index in [-0.39, 0.29) is 5.56 Å². The first-order chi connectivity index (χ1) is 12.3. The van der Waals surface area contributed by atoms with Gasteiger partial charge in [0.1, 0.15) is 0 Å². The van der Waals surface area contributed by atoms with Crippen LogP contribution in [0, 0.1) is 0 Å². The second-order valence-electron chi connectivity index (χ2n) is 7.22. The number of hydrogen-bond donors (Lipinski definition) is 0. The fourth-order valence-electron chi connectivity index (χ4n) is 4.40. The summed E-state index contributed by atoms with van der Waals surface area (Å²) in [4.78, 5) is 19.4. The fraction of sp³-hybridized carbons (Fsp3) is 0.400. The third kappa shape index (κ3) is 2.50. The summed E-state index contributed by atoms with van der Waals surface area (Å²) in [6, 6.07) is 8.35. The molecule has 4 heterocycles. The quantitative estimate of drug-likeness (QED) is 0.723. The van der Waals surface area contributed by atoms with Crippen molar-refractivity contribution in [3.8, 4) is 0 Å². The molecule has 5 nitrogen and oxygen atoms in total. The van der Waals surface area contributed by atoms with Crippen LogP contribution in [0.15, 0.2) is 41.6 Å². The van der Waals surface area contributed by atoms with Gasteiger partial charge in [-0.25, -0.2) is 4.98 Å². The Labute approximate surface area is 146 Å². The summed E-state index contributed by atoms with van der Waals surface area (Å²) in [5, 5.41) is 1.24. The molecule has 0 bridgehead atoms. The largest absolute Gasteiger partial charge is 0.333 e. The van der Waals surface area contributed by atoms with E-state index in [2.05, 4.69) is 32.7 Å². The third-order valence-corrected chi connectivity index (χ3v) is 5.58. The van der Waals surface area contributed by atoms with Crippen LogP contribution in [0.1, 0.15) is 29.7 Å². The monoisotopic (exact) mass is 334 g/mol. The maximum absolute atomic E-state index is 12.7. The minimum absolute atomic E-state index is 0.148. The Balaban J connectivity index is 1.56. The molecule has 5 rings (SSSR count). The van der Waals surface area contributed by atoms with E-state index in [0.717, 1.165) is 63.1 Å². The highest BCUT2D eigenvalue weighted by molar-refractivity contribution is 5.86. The number of imidazole rings is 1. The van der Waals surface area contributed by atoms with Crippen LogP contribution in [0.4, 0.5) is 0 Å². The number of aromatic nitrogens is 3. The summed E-state index contributed by atoms with van der Waals surface area (Å²) in [5.74, 6) is 0. The third-order valence-electron chi connectivity index (χ3n) is 5.58. The molecular weight excluding hydrogens is 312 g/mol. The smallest absolute Gasteiger partial charge is 0.251 e. The van der Waals surface area contributed by atoms with Gasteiger partial charge >= 0.3 is 0 Å². The van der Waals surface area contributed by atoms with E-state index < -0.39 is 0 Å². The van der Waals surface area contributed by atoms with Crippen molar-refractivity contribution in [2.24, 2.45) is 0 Å². The topological polar surface area (TPSA) is 43.1 Å². The van der Waals surface area contributed by atoms with Gasteiger partial charge in [-0.3, -0.25) is 9.69 Å². The van der Waals surface area contributed by atoms with Crippen molar-refractivity contribution in [3.05, 3.63) is 64.0 Å². The Morgan fingerprint density at radius 2 is 2.08 bits per heavy atom. The van der Waals surface area contributed by atoms with Crippen LogP contribution in [-0.4, -0.2) is 25.6 Å². The number of hydrogen-bond acceptors (Lipinski definition) is 3. The van der Waals surface area contributed by atoms with E-state index in [4.69, 9.17) is 0 Å². The van der Waals surface area contributed by atoms with Crippen molar-refractivity contribution in [1.82, 2.24) is 19.0 Å². The molecule has 3 aromatic rings. The Bertz CT molecular complexity index is 1000. The normalized spacial score (nSPS) is 17.4. The van der Waals surface area contributed by atoms with Gasteiger partial charge in [0.15, 0.2) is 0 Å². The lowest BCUT2D eigenvalue weighted by Crippen LogP contribution is -2.28. The van der Waals surface area contributed by atoms with Crippen molar-refractivity contribution in [2.75, 3.05) is 6.54 Å². The number of nitrogens with zero attached hydrogens (tertiary/aromatic N) is 4. The maximum Gasteiger partial charge on any atom is 0.251 e. The van der Waals surface area contributed by atoms with Gasteiger partial charge in [0, 0.05) is 50.4 Å². The standard InChI is InChI=1S/C20H22N4O/c25-19-10-16(12-22-7-3-8-23-14-21-11-17(23)13-22)18-6-1-4-15-5-2-9-24(19)20(15)18/h1,4,6,10-11,14H,2-3,5,7-9,12-13H2. The highest BCUT2D eigenvalue weighted by atomic mass is 16.1. The number of rotatable bonds is 2. The maximum atomic E-state index is 12.7. The predicted molar refractivity (Wildman–Crippen MR) is 97.5 cm³/mol. The van der Waals surface area contributed by atoms with Crippen LogP contribution in [0.25, 0.3) is 10.9 Å². The van der Waals surface area contributed by atoms with Crippen LogP contribution in [-0.2, 0) is 32.6 Å². The van der Waals surface area contributed by atoms with Gasteiger partial charge in [-0.05, 0) is 30.4 Å². The van der Waals surface area contributed by atoms with E-state index in [9.17, 15) is 4.79 Å². The SMILES string of the molecule is O=c1cc(CN2CCCn3cncc3C2)c2cccc3c2n1CCC3. The Morgan fingerprint density at radius 1 is 1.12 bits per heavy atom. The molecule has 25 heavy (non-hydrogen) atoms. The van der Waals surface area contributed by atoms with Crippen molar-refractivity contribution >= 4 is 10.9 Å². The zero-order valence-corrected chi connectivity index (χ0v) is 14.3. The van der Waals surface area contributed by atoms with Crippen LogP contribution in [0.5, 0.6) is 0 Å². The van der Waals surface area contributed by atoms with Crippen molar-refractivity contribution < 1.29 is 0 Å². The average Bonchev–Trinajstić information content (AvgIpc) is 2.97. The number of pyridine rings is 1. The molecule has 0 saturated heterocycles. The number of benzene rings is 1. The first-order valence-electron chi connectivity index (χ1n) is 9.15. The molecule has 128 valence electrons. The van der Waals surface area contributed by atoms with E-state index in [0.29, 0.717) is 0 Å². The molecule has 0 atom stereocenters. The molecule has 0 radical (unpaired) electrons. The van der Waals surface area contributed by atoms with Crippen LogP contribution >= 0.6 is 0 Å². The number of aryl methyl sites for hydroxylation is 3. The Hall–Kier alpha value is -2.40. The molecule has 0 unspecified atom stereocenters. The van der Waals surface area contributed by atoms with Crippen LogP contribution < -0.4 is 5.56 Å². The fourth-order valence-corrected chi connectivity index (χ4v) is 4.40. The van der Waals surface area contributed by atoms with Crippen molar-refractivity contribution in [2.45, 2.75) is 45.4 Å². The summed E-state index contributed by atoms with van der Waals surface area (Å²) in [6.45, 7) is 4.63. The van der Waals surface area contributed by atoms with E-state index >= 15 is 0 Å². The predicted octanol–water partition coefficient (Wildman–Crippen LogP) is 2.55. The van der Waals surface area contributed by atoms with Crippen molar-refractivity contribution in [1.29, 1.82) is 0 Å². The van der Waals surface area contributed by atoms with Gasteiger partial charge < -0.3 is 9.13 Å². The molecule has 0 fully saturated rings. The number of para-hydroxylation sites is 1. The molecule has 2 aromatic heterocycles. The lowest BCUT2D eigenvalue weighted by atomic mass is 9.98. The summed E-state index contributed by atoms with van der Waals surface area (Å²) < 4.78 is 4.21. The molecule has 2 aliphatic rings. The molecule has 1 aromatic carbocycles. The average molecular weight is 334 g/mol. The lowest BCUT2D eigenvalue weighted by Gasteiger charge is -2.24. The van der Waals surface area contributed by atoms with Crippen LogP contribution in [0.2, 0.25) is 0 Å². The van der Waals surface area contributed by atoms with E-state index in [1.165, 1.54) is 16.6 Å². The van der Waals surface area contributed by atoms with Crippen LogP contribution in [0.3, 0.4) is 0 Å². The first-order valence-corrected chi connectivity index (χ1v) is 9.15. The van der Waals surface area contributed by atoms with Gasteiger partial charge in [-0.2, -0.15) is 0 Å². The minimum atomic E-state index is 0.148. The second-order valence-corrected chi connectivity index (χ2v) is 7.22. The van der Waals surface area contributed by atoms with Gasteiger partial charge in [0.05, 0.1) is 17.5 Å². The van der Waals surface area contributed by atoms with Crippen molar-refractivity contribution in [3.63, 3.8) is 0 Å². The van der Waals surface area contributed by atoms with Gasteiger partial charge in [0.2, 0.25) is 0 Å². The Kier molecular flexibility index (Phi) is 3.48. The summed E-state index contributed by atoms with van der Waals surface area (Å²) in [7, 11) is 0. The zero-order valence-electron chi connectivity index (χ0n) is 14.3. The summed E-state index contributed by atoms with van der Waals surface area (Å²) >= 11 is 0. The molecule has 0 N–H and O–H groups in total. The highest BCUT2D eigenvalue weighted by Crippen LogP contribution is 2.27. The van der Waals surface area contributed by atoms with Gasteiger partial charge in [-0.1, -0.05) is 18.2 Å². The molecule has 2 aliphatic heterocycles. The Morgan fingerprint density at radius 3 is 3.04 bits per heavy atom. The molecule has 0 saturated carbocycles. The summed E-state index contributed by atoms with van der Waals surface area (Å²) in [5.41, 5.74) is 5.05. The number of fused-ring (bicyclic) bond motifs is 1. The highest BCUT2D eigenvalue weighted by Gasteiger charge is 2.19. The summed E-state index contributed by atoms with van der Waals surface area (Å²) in [6.07, 6.45) is 7.13. The van der Waals surface area contributed by atoms with Gasteiger partial charge in [-0.15, -0.1) is 0 Å². The van der Waals surface area contributed by atoms with Gasteiger partial charge in [0.25, 0.3) is 5.56 Å².